The van der Waals surface area contributed by atoms with Crippen LogP contribution in [0.5, 0.6) is 0 Å². The summed E-state index contributed by atoms with van der Waals surface area (Å²) in [6.07, 6.45) is 0. The highest BCUT2D eigenvalue weighted by Gasteiger charge is 2.13. The van der Waals surface area contributed by atoms with Crippen molar-refractivity contribution in [2.24, 2.45) is 0 Å². The first kappa shape index (κ1) is 16.0. The molecular formula is C18H20INO. The first-order chi connectivity index (χ1) is 9.88. The summed E-state index contributed by atoms with van der Waals surface area (Å²) >= 11 is 2.18. The average Bonchev–Trinajstić information content (AvgIpc) is 2.45. The minimum atomic E-state index is -0.0279. The minimum Gasteiger partial charge on any atom is -0.348 e. The van der Waals surface area contributed by atoms with Crippen LogP contribution in [0.15, 0.2) is 48.5 Å². The third-order valence-corrected chi connectivity index (χ3v) is 4.33. The molecule has 0 unspecified atom stereocenters. The summed E-state index contributed by atoms with van der Waals surface area (Å²) < 4.78 is 0.968. The summed E-state index contributed by atoms with van der Waals surface area (Å²) in [5.74, 6) is -0.0279. The Morgan fingerprint density at radius 1 is 1.05 bits per heavy atom. The summed E-state index contributed by atoms with van der Waals surface area (Å²) in [6.45, 7) is 7.14. The fraction of sp³-hybridized carbons (Fsp3) is 0.278. The first-order valence-corrected chi connectivity index (χ1v) is 8.08. The minimum absolute atomic E-state index is 0.0279. The topological polar surface area (TPSA) is 29.1 Å². The number of nitrogens with one attached hydrogen (secondary N) is 1. The molecule has 3 heteroatoms. The zero-order chi connectivity index (χ0) is 15.5. The van der Waals surface area contributed by atoms with Crippen LogP contribution in [0.3, 0.4) is 0 Å². The van der Waals surface area contributed by atoms with E-state index in [1.54, 1.807) is 0 Å². The predicted octanol–water partition coefficient (Wildman–Crippen LogP) is 4.52. The zero-order valence-electron chi connectivity index (χ0n) is 12.6. The van der Waals surface area contributed by atoms with Crippen molar-refractivity contribution in [1.82, 2.24) is 5.32 Å². The van der Waals surface area contributed by atoms with Gasteiger partial charge >= 0.3 is 0 Å². The third kappa shape index (κ3) is 4.30. The van der Waals surface area contributed by atoms with E-state index in [-0.39, 0.29) is 11.3 Å². The number of carbonyl (C=O) groups is 1. The van der Waals surface area contributed by atoms with Crippen LogP contribution in [0.4, 0.5) is 0 Å². The molecule has 2 rings (SSSR count). The summed E-state index contributed by atoms with van der Waals surface area (Å²) in [6, 6.07) is 16.0. The Hall–Kier alpha value is -1.36. The number of carbonyl (C=O) groups excluding carboxylic acids is 1. The van der Waals surface area contributed by atoms with Gasteiger partial charge in [0.25, 0.3) is 5.91 Å². The van der Waals surface area contributed by atoms with Gasteiger partial charge in [0, 0.05) is 10.1 Å². The lowest BCUT2D eigenvalue weighted by Crippen LogP contribution is -2.23. The molecule has 1 N–H and O–H groups in total. The van der Waals surface area contributed by atoms with Crippen molar-refractivity contribution < 1.29 is 4.79 Å². The molecule has 0 spiro atoms. The van der Waals surface area contributed by atoms with Gasteiger partial charge in [0.2, 0.25) is 0 Å². The van der Waals surface area contributed by atoms with Crippen LogP contribution < -0.4 is 5.32 Å². The van der Waals surface area contributed by atoms with E-state index < -0.39 is 0 Å². The van der Waals surface area contributed by atoms with Crippen molar-refractivity contribution in [3.05, 3.63) is 68.8 Å². The molecule has 0 aromatic heterocycles. The summed E-state index contributed by atoms with van der Waals surface area (Å²) in [5.41, 5.74) is 3.30. The molecule has 0 bridgehead atoms. The van der Waals surface area contributed by atoms with Crippen molar-refractivity contribution in [3.8, 4) is 0 Å². The van der Waals surface area contributed by atoms with Crippen LogP contribution in [-0.4, -0.2) is 5.91 Å². The lowest BCUT2D eigenvalue weighted by molar-refractivity contribution is 0.0950. The molecule has 0 radical (unpaired) electrons. The molecular weight excluding hydrogens is 373 g/mol. The second-order valence-electron chi connectivity index (χ2n) is 6.11. The number of halogens is 1. The Kier molecular flexibility index (Phi) is 5.04. The van der Waals surface area contributed by atoms with Gasteiger partial charge < -0.3 is 5.32 Å². The molecule has 0 aliphatic heterocycles. The van der Waals surface area contributed by atoms with E-state index >= 15 is 0 Å². The molecule has 0 aliphatic rings. The number of hydrogen-bond donors (Lipinski definition) is 1. The van der Waals surface area contributed by atoms with Crippen LogP contribution in [0.1, 0.15) is 42.3 Å². The molecule has 0 saturated heterocycles. The number of hydrogen-bond acceptors (Lipinski definition) is 1. The van der Waals surface area contributed by atoms with Crippen molar-refractivity contribution >= 4 is 28.5 Å². The Morgan fingerprint density at radius 3 is 2.24 bits per heavy atom. The van der Waals surface area contributed by atoms with E-state index in [0.29, 0.717) is 6.54 Å². The molecule has 0 heterocycles. The normalized spacial score (nSPS) is 11.2. The Labute approximate surface area is 140 Å². The number of benzene rings is 2. The van der Waals surface area contributed by atoms with Gasteiger partial charge in [0.05, 0.1) is 5.56 Å². The van der Waals surface area contributed by atoms with Gasteiger partial charge in [-0.3, -0.25) is 4.79 Å². The van der Waals surface area contributed by atoms with Crippen molar-refractivity contribution in [3.63, 3.8) is 0 Å². The maximum absolute atomic E-state index is 12.1. The van der Waals surface area contributed by atoms with Gasteiger partial charge in [-0.05, 0) is 51.3 Å². The van der Waals surface area contributed by atoms with Gasteiger partial charge in [0.15, 0.2) is 0 Å². The van der Waals surface area contributed by atoms with E-state index in [1.165, 1.54) is 5.56 Å². The van der Waals surface area contributed by atoms with E-state index in [1.807, 2.05) is 24.3 Å². The van der Waals surface area contributed by atoms with Crippen LogP contribution in [0.25, 0.3) is 0 Å². The highest BCUT2D eigenvalue weighted by molar-refractivity contribution is 14.1. The zero-order valence-corrected chi connectivity index (χ0v) is 14.8. The van der Waals surface area contributed by atoms with E-state index in [2.05, 4.69) is 72.9 Å². The fourth-order valence-corrected chi connectivity index (χ4v) is 2.68. The smallest absolute Gasteiger partial charge is 0.252 e. The SMILES string of the molecule is CC(C)(C)c1ccc(CNC(=O)c2ccccc2I)cc1. The first-order valence-electron chi connectivity index (χ1n) is 7.00. The molecule has 2 aromatic rings. The van der Waals surface area contributed by atoms with E-state index in [9.17, 15) is 4.79 Å². The maximum Gasteiger partial charge on any atom is 0.252 e. The maximum atomic E-state index is 12.1. The van der Waals surface area contributed by atoms with Gasteiger partial charge in [-0.1, -0.05) is 57.2 Å². The van der Waals surface area contributed by atoms with Crippen molar-refractivity contribution in [2.75, 3.05) is 0 Å². The molecule has 0 atom stereocenters. The van der Waals surface area contributed by atoms with Crippen molar-refractivity contribution in [2.45, 2.75) is 32.7 Å². The van der Waals surface area contributed by atoms with E-state index in [4.69, 9.17) is 0 Å². The average molecular weight is 393 g/mol. The molecule has 0 aliphatic carbocycles. The quantitative estimate of drug-likeness (QED) is 0.764. The van der Waals surface area contributed by atoms with Gasteiger partial charge in [0.1, 0.15) is 0 Å². The highest BCUT2D eigenvalue weighted by Crippen LogP contribution is 2.22. The number of amides is 1. The van der Waals surface area contributed by atoms with Crippen molar-refractivity contribution in [1.29, 1.82) is 0 Å². The highest BCUT2D eigenvalue weighted by atomic mass is 127. The van der Waals surface area contributed by atoms with E-state index in [0.717, 1.165) is 14.7 Å². The molecule has 0 saturated carbocycles. The second-order valence-corrected chi connectivity index (χ2v) is 7.27. The van der Waals surface area contributed by atoms with Gasteiger partial charge in [-0.15, -0.1) is 0 Å². The van der Waals surface area contributed by atoms with Crippen LogP contribution >= 0.6 is 22.6 Å². The lowest BCUT2D eigenvalue weighted by atomic mass is 9.87. The van der Waals surface area contributed by atoms with Gasteiger partial charge in [-0.25, -0.2) is 0 Å². The Bertz CT molecular complexity index is 626. The molecule has 110 valence electrons. The third-order valence-electron chi connectivity index (χ3n) is 3.39. The summed E-state index contributed by atoms with van der Waals surface area (Å²) in [5, 5.41) is 2.97. The number of rotatable bonds is 3. The molecule has 2 nitrogen and oxygen atoms in total. The molecule has 1 amide bonds. The standard InChI is InChI=1S/C18H20INO/c1-18(2,3)14-10-8-13(9-11-14)12-20-17(21)15-6-4-5-7-16(15)19/h4-11H,12H2,1-3H3,(H,20,21). The molecule has 2 aromatic carbocycles. The predicted molar refractivity (Wildman–Crippen MR) is 95.5 cm³/mol. The summed E-state index contributed by atoms with van der Waals surface area (Å²) in [7, 11) is 0. The summed E-state index contributed by atoms with van der Waals surface area (Å²) in [4.78, 5) is 12.1. The van der Waals surface area contributed by atoms with Crippen LogP contribution in [-0.2, 0) is 12.0 Å². The Balaban J connectivity index is 2.00. The van der Waals surface area contributed by atoms with Crippen LogP contribution in [0.2, 0.25) is 0 Å². The Morgan fingerprint density at radius 2 is 1.67 bits per heavy atom. The van der Waals surface area contributed by atoms with Gasteiger partial charge in [-0.2, -0.15) is 0 Å². The fourth-order valence-electron chi connectivity index (χ4n) is 2.05. The monoisotopic (exact) mass is 393 g/mol. The molecule has 0 fully saturated rings. The second kappa shape index (κ2) is 6.60. The largest absolute Gasteiger partial charge is 0.348 e. The van der Waals surface area contributed by atoms with Crippen LogP contribution in [0, 0.1) is 3.57 Å². The lowest BCUT2D eigenvalue weighted by Gasteiger charge is -2.19. The molecule has 21 heavy (non-hydrogen) atoms.